The second-order valence-electron chi connectivity index (χ2n) is 9.50. The van der Waals surface area contributed by atoms with E-state index in [9.17, 15) is 14.4 Å². The Hall–Kier alpha value is -2.13. The Bertz CT molecular complexity index is 846. The minimum absolute atomic E-state index is 0.319. The maximum absolute atomic E-state index is 12.2. The van der Waals surface area contributed by atoms with Crippen molar-refractivity contribution in [3.8, 4) is 0 Å². The van der Waals surface area contributed by atoms with E-state index in [0.717, 1.165) is 45.2 Å². The van der Waals surface area contributed by atoms with Gasteiger partial charge in [-0.25, -0.2) is 4.79 Å². The smallest absolute Gasteiger partial charge is 0.409 e. The van der Waals surface area contributed by atoms with Crippen LogP contribution in [0.4, 0.5) is 16.2 Å². The lowest BCUT2D eigenvalue weighted by Crippen LogP contribution is -2.53. The second-order valence-corrected chi connectivity index (χ2v) is 9.50. The van der Waals surface area contributed by atoms with E-state index in [1.807, 2.05) is 4.90 Å². The van der Waals surface area contributed by atoms with Crippen LogP contribution in [0.15, 0.2) is 9.59 Å². The maximum Gasteiger partial charge on any atom is 0.409 e. The minimum atomic E-state index is -0.418. The molecule has 1 amide bonds. The van der Waals surface area contributed by atoms with Gasteiger partial charge in [0, 0.05) is 64.9 Å². The van der Waals surface area contributed by atoms with Crippen LogP contribution in [-0.4, -0.2) is 98.9 Å². The minimum Gasteiger partial charge on any atom is -0.450 e. The van der Waals surface area contributed by atoms with Crippen molar-refractivity contribution in [1.82, 2.24) is 14.7 Å². The molecule has 2 heterocycles. The number of carbonyl (C=O) groups is 1. The van der Waals surface area contributed by atoms with Gasteiger partial charge in [-0.05, 0) is 32.7 Å². The summed E-state index contributed by atoms with van der Waals surface area (Å²) in [4.78, 5) is 45.0. The van der Waals surface area contributed by atoms with Crippen LogP contribution in [0.1, 0.15) is 45.4 Å². The van der Waals surface area contributed by atoms with Gasteiger partial charge in [0.05, 0.1) is 6.61 Å². The van der Waals surface area contributed by atoms with Gasteiger partial charge in [0.15, 0.2) is 0 Å². The van der Waals surface area contributed by atoms with Gasteiger partial charge in [0.25, 0.3) is 10.9 Å². The lowest BCUT2D eigenvalue weighted by molar-refractivity contribution is 0.0789. The van der Waals surface area contributed by atoms with Crippen LogP contribution in [0, 0.1) is 0 Å². The molecule has 1 aromatic rings. The number of amides is 1. The molecule has 0 radical (unpaired) electrons. The van der Waals surface area contributed by atoms with Crippen LogP contribution in [0.3, 0.4) is 0 Å². The van der Waals surface area contributed by atoms with Crippen LogP contribution in [0.5, 0.6) is 0 Å². The Labute approximate surface area is 196 Å². The van der Waals surface area contributed by atoms with Crippen molar-refractivity contribution in [3.63, 3.8) is 0 Å². The fourth-order valence-electron chi connectivity index (χ4n) is 5.49. The van der Waals surface area contributed by atoms with Gasteiger partial charge in [-0.1, -0.05) is 19.3 Å². The average Bonchev–Trinajstić information content (AvgIpc) is 2.86. The molecule has 0 bridgehead atoms. The zero-order chi connectivity index (χ0) is 23.2. The standard InChI is InChI=1S/C24H39N5O4/c1-2-33-24(32)29-17-15-28(16-18-29)21-20(22(30)23(21)31)25-9-6-10-26-11-13-27(14-12-26)19-7-4-3-5-8-19/h19,25H,2-18H2,1H3. The zero-order valence-electron chi connectivity index (χ0n) is 20.0. The second kappa shape index (κ2) is 11.3. The molecule has 1 N–H and O–H groups in total. The van der Waals surface area contributed by atoms with E-state index >= 15 is 0 Å². The molecule has 0 unspecified atom stereocenters. The fraction of sp³-hybridized carbons (Fsp3) is 0.792. The van der Waals surface area contributed by atoms with E-state index in [1.165, 1.54) is 32.1 Å². The number of hydrogen-bond acceptors (Lipinski definition) is 8. The highest BCUT2D eigenvalue weighted by atomic mass is 16.6. The normalized spacial score (nSPS) is 21.5. The number of anilines is 2. The van der Waals surface area contributed by atoms with Crippen molar-refractivity contribution >= 4 is 17.5 Å². The number of piperazine rings is 2. The van der Waals surface area contributed by atoms with Crippen molar-refractivity contribution in [2.24, 2.45) is 0 Å². The molecule has 1 aromatic carbocycles. The molecule has 2 saturated heterocycles. The molecule has 0 atom stereocenters. The average molecular weight is 462 g/mol. The topological polar surface area (TPSA) is 85.4 Å². The Morgan fingerprint density at radius 3 is 2.30 bits per heavy atom. The summed E-state index contributed by atoms with van der Waals surface area (Å²) in [6, 6.07) is 0.800. The largest absolute Gasteiger partial charge is 0.450 e. The molecule has 2 aliphatic heterocycles. The summed E-state index contributed by atoms with van der Waals surface area (Å²) in [5, 5.41) is 3.23. The predicted molar refractivity (Wildman–Crippen MR) is 130 cm³/mol. The van der Waals surface area contributed by atoms with E-state index < -0.39 is 10.9 Å². The molecule has 1 aliphatic carbocycles. The Morgan fingerprint density at radius 1 is 0.939 bits per heavy atom. The van der Waals surface area contributed by atoms with Crippen molar-refractivity contribution in [2.45, 2.75) is 51.5 Å². The van der Waals surface area contributed by atoms with Crippen molar-refractivity contribution in [3.05, 3.63) is 20.4 Å². The van der Waals surface area contributed by atoms with Crippen LogP contribution >= 0.6 is 0 Å². The summed E-state index contributed by atoms with van der Waals surface area (Å²) in [6.07, 6.45) is 7.53. The van der Waals surface area contributed by atoms with E-state index in [0.29, 0.717) is 50.7 Å². The lowest BCUT2D eigenvalue weighted by Gasteiger charge is -2.40. The molecule has 9 nitrogen and oxygen atoms in total. The molecule has 0 aromatic heterocycles. The summed E-state index contributed by atoms with van der Waals surface area (Å²) < 4.78 is 5.05. The summed E-state index contributed by atoms with van der Waals surface area (Å²) in [6.45, 7) is 10.4. The van der Waals surface area contributed by atoms with Crippen LogP contribution < -0.4 is 21.1 Å². The summed E-state index contributed by atoms with van der Waals surface area (Å²) >= 11 is 0. The van der Waals surface area contributed by atoms with E-state index in [1.54, 1.807) is 11.8 Å². The Kier molecular flexibility index (Phi) is 8.25. The zero-order valence-corrected chi connectivity index (χ0v) is 20.0. The first-order valence-electron chi connectivity index (χ1n) is 12.8. The van der Waals surface area contributed by atoms with Crippen LogP contribution in [0.2, 0.25) is 0 Å². The van der Waals surface area contributed by atoms with Gasteiger partial charge < -0.3 is 24.8 Å². The highest BCUT2D eigenvalue weighted by Gasteiger charge is 2.30. The fourth-order valence-corrected chi connectivity index (χ4v) is 5.49. The molecule has 33 heavy (non-hydrogen) atoms. The first-order chi connectivity index (χ1) is 16.1. The third kappa shape index (κ3) is 5.69. The van der Waals surface area contributed by atoms with E-state index in [-0.39, 0.29) is 6.09 Å². The van der Waals surface area contributed by atoms with Gasteiger partial charge in [-0.3, -0.25) is 14.5 Å². The van der Waals surface area contributed by atoms with Gasteiger partial charge in [0.1, 0.15) is 11.4 Å². The third-order valence-corrected chi connectivity index (χ3v) is 7.46. The van der Waals surface area contributed by atoms with Crippen molar-refractivity contribution in [2.75, 3.05) is 82.3 Å². The van der Waals surface area contributed by atoms with Gasteiger partial charge >= 0.3 is 6.09 Å². The van der Waals surface area contributed by atoms with E-state index in [2.05, 4.69) is 15.1 Å². The molecule has 4 rings (SSSR count). The highest BCUT2D eigenvalue weighted by molar-refractivity contribution is 5.76. The quantitative estimate of drug-likeness (QED) is 0.458. The molecular weight excluding hydrogens is 422 g/mol. The first-order valence-corrected chi connectivity index (χ1v) is 12.8. The third-order valence-electron chi connectivity index (χ3n) is 7.46. The van der Waals surface area contributed by atoms with Crippen LogP contribution in [0.25, 0.3) is 0 Å². The lowest BCUT2D eigenvalue weighted by atomic mass is 9.94. The summed E-state index contributed by atoms with van der Waals surface area (Å²) in [5.74, 6) is 0. The number of ether oxygens (including phenoxy) is 1. The first kappa shape index (κ1) is 24.0. The number of nitrogens with one attached hydrogen (secondary N) is 1. The van der Waals surface area contributed by atoms with Crippen molar-refractivity contribution < 1.29 is 9.53 Å². The number of rotatable bonds is 8. The van der Waals surface area contributed by atoms with Gasteiger partial charge in [-0.2, -0.15) is 0 Å². The van der Waals surface area contributed by atoms with E-state index in [4.69, 9.17) is 4.74 Å². The Morgan fingerprint density at radius 2 is 1.64 bits per heavy atom. The monoisotopic (exact) mass is 461 g/mol. The number of nitrogens with zero attached hydrogens (tertiary/aromatic N) is 4. The predicted octanol–water partition coefficient (Wildman–Crippen LogP) is 1.31. The summed E-state index contributed by atoms with van der Waals surface area (Å²) in [5.41, 5.74) is 0.108. The molecule has 3 aliphatic rings. The number of carbonyl (C=O) groups excluding carboxylic acids is 1. The molecule has 3 fully saturated rings. The molecule has 1 saturated carbocycles. The molecule has 184 valence electrons. The van der Waals surface area contributed by atoms with Gasteiger partial charge in [0.2, 0.25) is 0 Å². The highest BCUT2D eigenvalue weighted by Crippen LogP contribution is 2.24. The molecular formula is C24H39N5O4. The maximum atomic E-state index is 12.2. The molecule has 9 heteroatoms. The van der Waals surface area contributed by atoms with Crippen molar-refractivity contribution in [1.29, 1.82) is 0 Å². The van der Waals surface area contributed by atoms with Crippen LogP contribution in [-0.2, 0) is 4.74 Å². The SMILES string of the molecule is CCOC(=O)N1CCN(c2c(NCCCN3CCN(C4CCCCC4)CC3)c(=O)c2=O)CC1. The Balaban J connectivity index is 1.18. The summed E-state index contributed by atoms with van der Waals surface area (Å²) in [7, 11) is 0. The molecule has 0 spiro atoms. The number of hydrogen-bond donors (Lipinski definition) is 1. The van der Waals surface area contributed by atoms with Gasteiger partial charge in [-0.15, -0.1) is 0 Å².